The second kappa shape index (κ2) is 6.89. The molecule has 5 nitrogen and oxygen atoms in total. The van der Waals surface area contributed by atoms with Crippen molar-refractivity contribution in [2.24, 2.45) is 0 Å². The van der Waals surface area contributed by atoms with Crippen molar-refractivity contribution in [3.05, 3.63) is 54.2 Å². The molecule has 0 bridgehead atoms. The van der Waals surface area contributed by atoms with Gasteiger partial charge in [0.1, 0.15) is 5.75 Å². The minimum absolute atomic E-state index is 0.272. The number of piperidine rings is 1. The Balaban J connectivity index is 1.61. The molecule has 2 aromatic carbocycles. The largest absolute Gasteiger partial charge is 0.415 e. The number of hydroxylamine groups is 1. The number of ether oxygens (including phenoxy) is 1. The molecule has 2 aromatic rings. The Morgan fingerprint density at radius 1 is 1.08 bits per heavy atom. The van der Waals surface area contributed by atoms with E-state index in [0.717, 1.165) is 48.4 Å². The maximum absolute atomic E-state index is 12.4. The number of likely N-dealkylation sites (tertiary alicyclic amines) is 1. The molecule has 0 spiro atoms. The van der Waals surface area contributed by atoms with Crippen molar-refractivity contribution in [1.29, 1.82) is 0 Å². The fraction of sp³-hybridized carbons (Fsp3) is 0.250. The molecule has 128 valence electrons. The number of para-hydroxylation sites is 1. The summed E-state index contributed by atoms with van der Waals surface area (Å²) >= 11 is 0. The second-order valence-corrected chi connectivity index (χ2v) is 6.22. The molecule has 1 amide bonds. The Morgan fingerprint density at radius 3 is 2.80 bits per heavy atom. The quantitative estimate of drug-likeness (QED) is 0.893. The van der Waals surface area contributed by atoms with Crippen LogP contribution >= 0.6 is 0 Å². The predicted octanol–water partition coefficient (Wildman–Crippen LogP) is 4.21. The van der Waals surface area contributed by atoms with Crippen molar-refractivity contribution in [1.82, 2.24) is 10.4 Å². The number of carbonyl (C=O) groups excluding carboxylic acids is 1. The fourth-order valence-corrected chi connectivity index (χ4v) is 3.18. The third kappa shape index (κ3) is 3.31. The van der Waals surface area contributed by atoms with Crippen molar-refractivity contribution in [2.75, 3.05) is 13.1 Å². The summed E-state index contributed by atoms with van der Waals surface area (Å²) in [6.07, 6.45) is 6.68. The minimum Gasteiger partial charge on any atom is -0.410 e. The SMILES string of the molecule is O=C(Oc1ccccc1-c1ccc2c(c1)ONC=C2)N1CCCCC1. The number of amides is 1. The number of rotatable bonds is 2. The van der Waals surface area contributed by atoms with E-state index in [9.17, 15) is 4.79 Å². The van der Waals surface area contributed by atoms with Crippen molar-refractivity contribution in [3.63, 3.8) is 0 Å². The van der Waals surface area contributed by atoms with Crippen LogP contribution in [0.15, 0.2) is 48.7 Å². The number of hydrogen-bond donors (Lipinski definition) is 1. The Morgan fingerprint density at radius 2 is 1.92 bits per heavy atom. The van der Waals surface area contributed by atoms with Crippen LogP contribution in [0, 0.1) is 0 Å². The highest BCUT2D eigenvalue weighted by Gasteiger charge is 2.20. The smallest absolute Gasteiger partial charge is 0.410 e. The minimum atomic E-state index is -0.272. The van der Waals surface area contributed by atoms with Crippen molar-refractivity contribution in [2.45, 2.75) is 19.3 Å². The molecule has 0 atom stereocenters. The lowest BCUT2D eigenvalue weighted by Crippen LogP contribution is -2.37. The molecule has 0 radical (unpaired) electrons. The molecule has 1 saturated heterocycles. The molecule has 2 aliphatic rings. The van der Waals surface area contributed by atoms with E-state index in [1.54, 1.807) is 11.1 Å². The monoisotopic (exact) mass is 336 g/mol. The van der Waals surface area contributed by atoms with Gasteiger partial charge in [-0.05, 0) is 43.0 Å². The van der Waals surface area contributed by atoms with Gasteiger partial charge in [0.05, 0.1) is 0 Å². The molecular weight excluding hydrogens is 316 g/mol. The number of nitrogens with zero attached hydrogens (tertiary/aromatic N) is 1. The van der Waals surface area contributed by atoms with Gasteiger partial charge in [0.25, 0.3) is 0 Å². The van der Waals surface area contributed by atoms with Crippen molar-refractivity contribution in [3.8, 4) is 22.6 Å². The van der Waals surface area contributed by atoms with Gasteiger partial charge >= 0.3 is 6.09 Å². The van der Waals surface area contributed by atoms with Gasteiger partial charge in [-0.3, -0.25) is 0 Å². The maximum atomic E-state index is 12.4. The van der Waals surface area contributed by atoms with E-state index in [1.807, 2.05) is 48.5 Å². The number of benzene rings is 2. The van der Waals surface area contributed by atoms with Crippen molar-refractivity contribution < 1.29 is 14.4 Å². The summed E-state index contributed by atoms with van der Waals surface area (Å²) in [5.41, 5.74) is 5.55. The summed E-state index contributed by atoms with van der Waals surface area (Å²) in [6.45, 7) is 1.54. The highest BCUT2D eigenvalue weighted by atomic mass is 16.6. The number of fused-ring (bicyclic) bond motifs is 1. The maximum Gasteiger partial charge on any atom is 0.415 e. The van der Waals surface area contributed by atoms with E-state index in [2.05, 4.69) is 5.48 Å². The van der Waals surface area contributed by atoms with Crippen LogP contribution in [0.25, 0.3) is 17.2 Å². The number of nitrogens with one attached hydrogen (secondary N) is 1. The molecule has 1 N–H and O–H groups in total. The zero-order valence-corrected chi connectivity index (χ0v) is 13.9. The number of hydrogen-bond acceptors (Lipinski definition) is 4. The highest BCUT2D eigenvalue weighted by molar-refractivity contribution is 5.79. The lowest BCUT2D eigenvalue weighted by molar-refractivity contribution is 0.143. The summed E-state index contributed by atoms with van der Waals surface area (Å²) in [4.78, 5) is 19.7. The van der Waals surface area contributed by atoms with Gasteiger partial charge in [-0.25, -0.2) is 10.3 Å². The van der Waals surface area contributed by atoms with Crippen molar-refractivity contribution >= 4 is 12.2 Å². The van der Waals surface area contributed by atoms with Gasteiger partial charge in [0, 0.05) is 30.4 Å². The molecule has 0 saturated carbocycles. The predicted molar refractivity (Wildman–Crippen MR) is 96.1 cm³/mol. The molecule has 0 aromatic heterocycles. The summed E-state index contributed by atoms with van der Waals surface area (Å²) < 4.78 is 5.70. The topological polar surface area (TPSA) is 50.8 Å². The number of carbonyl (C=O) groups is 1. The van der Waals surface area contributed by atoms with Gasteiger partial charge in [0.15, 0.2) is 5.75 Å². The Kier molecular flexibility index (Phi) is 4.29. The first-order chi connectivity index (χ1) is 12.3. The van der Waals surface area contributed by atoms with Gasteiger partial charge in [0.2, 0.25) is 0 Å². The Bertz CT molecular complexity index is 810. The molecule has 5 heteroatoms. The van der Waals surface area contributed by atoms with E-state index in [4.69, 9.17) is 9.57 Å². The lowest BCUT2D eigenvalue weighted by atomic mass is 10.0. The average Bonchev–Trinajstić information content (AvgIpc) is 2.69. The molecule has 1 fully saturated rings. The molecule has 4 rings (SSSR count). The van der Waals surface area contributed by atoms with Crippen LogP contribution in [0.5, 0.6) is 11.5 Å². The molecule has 0 aliphatic carbocycles. The molecular formula is C20H20N2O3. The third-order valence-corrected chi connectivity index (χ3v) is 4.52. The van der Waals surface area contributed by atoms with Crippen LogP contribution in [0.4, 0.5) is 4.79 Å². The zero-order valence-electron chi connectivity index (χ0n) is 13.9. The Labute approximate surface area is 146 Å². The van der Waals surface area contributed by atoms with E-state index < -0.39 is 0 Å². The standard InChI is InChI=1S/C20H20N2O3/c23-20(22-12-4-1-5-13-22)24-18-7-3-2-6-17(18)16-9-8-15-10-11-21-25-19(15)14-16/h2-3,6-11,14,21H,1,4-5,12-13H2. The first kappa shape index (κ1) is 15.6. The molecule has 25 heavy (non-hydrogen) atoms. The Hall–Kier alpha value is -2.95. The summed E-state index contributed by atoms with van der Waals surface area (Å²) in [5.74, 6) is 1.31. The van der Waals surface area contributed by atoms with Crippen LogP contribution in [0.2, 0.25) is 0 Å². The van der Waals surface area contributed by atoms with E-state index in [0.29, 0.717) is 5.75 Å². The highest BCUT2D eigenvalue weighted by Crippen LogP contribution is 2.34. The van der Waals surface area contributed by atoms with Gasteiger partial charge < -0.3 is 14.5 Å². The first-order valence-electron chi connectivity index (χ1n) is 8.60. The second-order valence-electron chi connectivity index (χ2n) is 6.22. The van der Waals surface area contributed by atoms with Gasteiger partial charge in [-0.2, -0.15) is 0 Å². The van der Waals surface area contributed by atoms with Crippen LogP contribution in [0.1, 0.15) is 24.8 Å². The van der Waals surface area contributed by atoms with E-state index in [1.165, 1.54) is 6.42 Å². The first-order valence-corrected chi connectivity index (χ1v) is 8.60. The van der Waals surface area contributed by atoms with Crippen LogP contribution in [-0.2, 0) is 0 Å². The average molecular weight is 336 g/mol. The fourth-order valence-electron chi connectivity index (χ4n) is 3.18. The van der Waals surface area contributed by atoms with Gasteiger partial charge in [-0.1, -0.05) is 30.3 Å². The summed E-state index contributed by atoms with van der Waals surface area (Å²) in [7, 11) is 0. The van der Waals surface area contributed by atoms with E-state index >= 15 is 0 Å². The normalized spacial score (nSPS) is 15.8. The molecule has 2 heterocycles. The third-order valence-electron chi connectivity index (χ3n) is 4.52. The van der Waals surface area contributed by atoms with Crippen LogP contribution in [-0.4, -0.2) is 24.1 Å². The zero-order chi connectivity index (χ0) is 17.1. The van der Waals surface area contributed by atoms with Crippen LogP contribution < -0.4 is 15.1 Å². The van der Waals surface area contributed by atoms with Gasteiger partial charge in [-0.15, -0.1) is 0 Å². The summed E-state index contributed by atoms with van der Waals surface area (Å²) in [6, 6.07) is 13.5. The van der Waals surface area contributed by atoms with E-state index in [-0.39, 0.29) is 6.09 Å². The summed E-state index contributed by atoms with van der Waals surface area (Å²) in [5, 5.41) is 0. The lowest BCUT2D eigenvalue weighted by Gasteiger charge is -2.26. The molecule has 2 aliphatic heterocycles. The van der Waals surface area contributed by atoms with Crippen LogP contribution in [0.3, 0.4) is 0 Å². The molecule has 0 unspecified atom stereocenters.